The first kappa shape index (κ1) is 24.4. The standard InChI is InChI=1S/C24H26N4O6/c1-3-34-23(30)21-16(2)26-24(31)27(22(21)18-10-7-11-19(14-18)28(32)33)13-12-20(29)25-15-17-8-5-4-6-9-17/h4-11,14,22H,3,12-13,15H2,1-2H3,(H,25,29)(H,26,31). The summed E-state index contributed by atoms with van der Waals surface area (Å²) in [7, 11) is 0. The summed E-state index contributed by atoms with van der Waals surface area (Å²) in [6, 6.07) is 13.7. The fourth-order valence-corrected chi connectivity index (χ4v) is 3.74. The van der Waals surface area contributed by atoms with E-state index in [4.69, 9.17) is 4.74 Å². The number of hydrogen-bond acceptors (Lipinski definition) is 6. The molecule has 1 aliphatic heterocycles. The van der Waals surface area contributed by atoms with Gasteiger partial charge in [0.25, 0.3) is 5.69 Å². The van der Waals surface area contributed by atoms with E-state index in [2.05, 4.69) is 10.6 Å². The lowest BCUT2D eigenvalue weighted by Crippen LogP contribution is -2.49. The molecule has 0 fully saturated rings. The average Bonchev–Trinajstić information content (AvgIpc) is 2.82. The lowest BCUT2D eigenvalue weighted by atomic mass is 9.93. The zero-order chi connectivity index (χ0) is 24.7. The number of esters is 1. The lowest BCUT2D eigenvalue weighted by Gasteiger charge is -2.37. The molecule has 1 unspecified atom stereocenters. The molecular weight excluding hydrogens is 440 g/mol. The predicted octanol–water partition coefficient (Wildman–Crippen LogP) is 3.20. The zero-order valence-electron chi connectivity index (χ0n) is 18.9. The van der Waals surface area contributed by atoms with Crippen molar-refractivity contribution in [3.8, 4) is 0 Å². The Morgan fingerprint density at radius 2 is 1.91 bits per heavy atom. The van der Waals surface area contributed by atoms with Crippen LogP contribution >= 0.6 is 0 Å². The highest BCUT2D eigenvalue weighted by molar-refractivity contribution is 5.95. The summed E-state index contributed by atoms with van der Waals surface area (Å²) >= 11 is 0. The number of ether oxygens (including phenoxy) is 1. The minimum absolute atomic E-state index is 0.0179. The Morgan fingerprint density at radius 3 is 2.59 bits per heavy atom. The van der Waals surface area contributed by atoms with Gasteiger partial charge in [-0.1, -0.05) is 42.5 Å². The van der Waals surface area contributed by atoms with Gasteiger partial charge in [-0.3, -0.25) is 14.9 Å². The molecule has 1 atom stereocenters. The summed E-state index contributed by atoms with van der Waals surface area (Å²) in [4.78, 5) is 50.2. The summed E-state index contributed by atoms with van der Waals surface area (Å²) < 4.78 is 5.19. The Bertz CT molecular complexity index is 1120. The van der Waals surface area contributed by atoms with Crippen molar-refractivity contribution >= 4 is 23.6 Å². The Kier molecular flexibility index (Phi) is 7.96. The van der Waals surface area contributed by atoms with E-state index in [0.717, 1.165) is 5.56 Å². The number of non-ortho nitro benzene ring substituents is 1. The molecule has 34 heavy (non-hydrogen) atoms. The summed E-state index contributed by atoms with van der Waals surface area (Å²) in [5, 5.41) is 16.8. The maximum atomic E-state index is 12.9. The molecule has 0 aromatic heterocycles. The number of amides is 3. The van der Waals surface area contributed by atoms with Gasteiger partial charge in [-0.15, -0.1) is 0 Å². The number of carbonyl (C=O) groups is 3. The fourth-order valence-electron chi connectivity index (χ4n) is 3.74. The van der Waals surface area contributed by atoms with Crippen molar-refractivity contribution in [1.29, 1.82) is 0 Å². The molecule has 10 nitrogen and oxygen atoms in total. The van der Waals surface area contributed by atoms with Crippen LogP contribution < -0.4 is 10.6 Å². The van der Waals surface area contributed by atoms with E-state index in [0.29, 0.717) is 17.8 Å². The molecule has 0 saturated carbocycles. The van der Waals surface area contributed by atoms with E-state index in [1.165, 1.54) is 23.1 Å². The van der Waals surface area contributed by atoms with Gasteiger partial charge in [0.15, 0.2) is 0 Å². The molecule has 1 heterocycles. The highest BCUT2D eigenvalue weighted by Crippen LogP contribution is 2.35. The molecule has 0 radical (unpaired) electrons. The van der Waals surface area contributed by atoms with Crippen molar-refractivity contribution in [1.82, 2.24) is 15.5 Å². The number of benzene rings is 2. The van der Waals surface area contributed by atoms with Gasteiger partial charge >= 0.3 is 12.0 Å². The van der Waals surface area contributed by atoms with Crippen LogP contribution in [0.25, 0.3) is 0 Å². The van der Waals surface area contributed by atoms with Crippen molar-refractivity contribution < 1.29 is 24.0 Å². The van der Waals surface area contributed by atoms with Gasteiger partial charge < -0.3 is 20.3 Å². The second kappa shape index (κ2) is 11.1. The van der Waals surface area contributed by atoms with E-state index >= 15 is 0 Å². The summed E-state index contributed by atoms with van der Waals surface area (Å²) in [5.74, 6) is -0.923. The molecule has 2 aromatic carbocycles. The van der Waals surface area contributed by atoms with Gasteiger partial charge in [-0.25, -0.2) is 9.59 Å². The summed E-state index contributed by atoms with van der Waals surface area (Å²) in [6.45, 7) is 3.67. The first-order valence-corrected chi connectivity index (χ1v) is 10.8. The average molecular weight is 466 g/mol. The molecule has 3 rings (SSSR count). The third-order valence-electron chi connectivity index (χ3n) is 5.35. The highest BCUT2D eigenvalue weighted by Gasteiger charge is 2.39. The monoisotopic (exact) mass is 466 g/mol. The van der Waals surface area contributed by atoms with Gasteiger partial charge in [-0.2, -0.15) is 0 Å². The van der Waals surface area contributed by atoms with E-state index in [-0.39, 0.29) is 36.7 Å². The van der Waals surface area contributed by atoms with Crippen molar-refractivity contribution in [2.45, 2.75) is 32.9 Å². The number of nitrogens with one attached hydrogen (secondary N) is 2. The number of nitrogens with zero attached hydrogens (tertiary/aromatic N) is 2. The van der Waals surface area contributed by atoms with Crippen LogP contribution in [0.2, 0.25) is 0 Å². The fraction of sp³-hybridized carbons (Fsp3) is 0.292. The van der Waals surface area contributed by atoms with E-state index in [1.807, 2.05) is 30.3 Å². The molecule has 2 N–H and O–H groups in total. The maximum absolute atomic E-state index is 12.9. The van der Waals surface area contributed by atoms with Gasteiger partial charge in [0.05, 0.1) is 23.1 Å². The maximum Gasteiger partial charge on any atom is 0.338 e. The van der Waals surface area contributed by atoms with Crippen LogP contribution in [0.15, 0.2) is 65.9 Å². The van der Waals surface area contributed by atoms with Crippen molar-refractivity contribution in [3.05, 3.63) is 87.1 Å². The number of nitro benzene ring substituents is 1. The molecule has 10 heteroatoms. The lowest BCUT2D eigenvalue weighted by molar-refractivity contribution is -0.384. The van der Waals surface area contributed by atoms with Crippen LogP contribution in [0.4, 0.5) is 10.5 Å². The normalized spacial score (nSPS) is 15.5. The molecule has 1 aliphatic rings. The van der Waals surface area contributed by atoms with Crippen molar-refractivity contribution in [3.63, 3.8) is 0 Å². The van der Waals surface area contributed by atoms with Crippen molar-refractivity contribution in [2.75, 3.05) is 13.2 Å². The molecule has 3 amide bonds. The predicted molar refractivity (Wildman–Crippen MR) is 123 cm³/mol. The number of nitro groups is 1. The second-order valence-corrected chi connectivity index (χ2v) is 7.65. The SMILES string of the molecule is CCOC(=O)C1=C(C)NC(=O)N(CCC(=O)NCc2ccccc2)C1c1cccc([N+](=O)[O-])c1. The quantitative estimate of drug-likeness (QED) is 0.331. The minimum atomic E-state index is -0.949. The van der Waals surface area contributed by atoms with Crippen molar-refractivity contribution in [2.24, 2.45) is 0 Å². The smallest absolute Gasteiger partial charge is 0.338 e. The third kappa shape index (κ3) is 5.77. The highest BCUT2D eigenvalue weighted by atomic mass is 16.6. The van der Waals surface area contributed by atoms with Crippen LogP contribution in [0.1, 0.15) is 37.4 Å². The molecule has 0 aliphatic carbocycles. The zero-order valence-corrected chi connectivity index (χ0v) is 18.9. The second-order valence-electron chi connectivity index (χ2n) is 7.65. The minimum Gasteiger partial charge on any atom is -0.463 e. The number of hydrogen-bond donors (Lipinski definition) is 2. The van der Waals surface area contributed by atoms with E-state index in [9.17, 15) is 24.5 Å². The topological polar surface area (TPSA) is 131 Å². The van der Waals surface area contributed by atoms with Gasteiger partial charge in [0.2, 0.25) is 5.91 Å². The molecule has 0 saturated heterocycles. The Labute approximate surface area is 196 Å². The largest absolute Gasteiger partial charge is 0.463 e. The third-order valence-corrected chi connectivity index (χ3v) is 5.35. The Hall–Kier alpha value is -4.21. The van der Waals surface area contributed by atoms with Crippen LogP contribution in [-0.4, -0.2) is 40.9 Å². The van der Waals surface area contributed by atoms with Crippen LogP contribution in [0, 0.1) is 10.1 Å². The van der Waals surface area contributed by atoms with E-state index in [1.54, 1.807) is 19.9 Å². The number of rotatable bonds is 9. The first-order valence-electron chi connectivity index (χ1n) is 10.8. The summed E-state index contributed by atoms with van der Waals surface area (Å²) in [5.41, 5.74) is 1.58. The van der Waals surface area contributed by atoms with Gasteiger partial charge in [-0.05, 0) is 25.0 Å². The van der Waals surface area contributed by atoms with Crippen LogP contribution in [0.5, 0.6) is 0 Å². The van der Waals surface area contributed by atoms with Crippen LogP contribution in [-0.2, 0) is 20.9 Å². The van der Waals surface area contributed by atoms with E-state index < -0.39 is 23.0 Å². The number of carbonyl (C=O) groups excluding carboxylic acids is 3. The number of allylic oxidation sites excluding steroid dienone is 1. The molecule has 0 spiro atoms. The number of urea groups is 1. The molecule has 178 valence electrons. The van der Waals surface area contributed by atoms with Gasteiger partial charge in [0.1, 0.15) is 0 Å². The Morgan fingerprint density at radius 1 is 1.18 bits per heavy atom. The summed E-state index contributed by atoms with van der Waals surface area (Å²) in [6.07, 6.45) is -0.0270. The first-order chi connectivity index (χ1) is 16.3. The van der Waals surface area contributed by atoms with Crippen LogP contribution in [0.3, 0.4) is 0 Å². The molecule has 0 bridgehead atoms. The van der Waals surface area contributed by atoms with Gasteiger partial charge in [0, 0.05) is 37.3 Å². The molecular formula is C24H26N4O6. The molecule has 2 aromatic rings. The Balaban J connectivity index is 1.86.